The fourth-order valence-electron chi connectivity index (χ4n) is 2.08. The molecule has 1 saturated heterocycles. The van der Waals surface area contributed by atoms with Crippen molar-refractivity contribution < 1.29 is 0 Å². The summed E-state index contributed by atoms with van der Waals surface area (Å²) in [5.74, 6) is 0. The minimum atomic E-state index is 0.374. The Labute approximate surface area is 101 Å². The number of nitrogens with one attached hydrogen (secondary N) is 1. The summed E-state index contributed by atoms with van der Waals surface area (Å²) in [6, 6.07) is 6.07. The van der Waals surface area contributed by atoms with E-state index in [-0.39, 0.29) is 0 Å². The van der Waals surface area contributed by atoms with Crippen LogP contribution in [0.2, 0.25) is 10.0 Å². The summed E-state index contributed by atoms with van der Waals surface area (Å²) in [5, 5.41) is 5.11. The molecule has 1 aliphatic rings. The Bertz CT molecular complexity index is 330. The predicted octanol–water partition coefficient (Wildman–Crippen LogP) is 4.20. The lowest BCUT2D eigenvalue weighted by molar-refractivity contribution is 0.535. The molecule has 1 aromatic rings. The van der Waals surface area contributed by atoms with Crippen LogP contribution in [0, 0.1) is 0 Å². The van der Waals surface area contributed by atoms with E-state index >= 15 is 0 Å². The fourth-order valence-corrected chi connectivity index (χ4v) is 2.51. The van der Waals surface area contributed by atoms with Crippen LogP contribution in [0.1, 0.15) is 37.3 Å². The summed E-state index contributed by atoms with van der Waals surface area (Å²) in [5.41, 5.74) is 1.14. The number of halogens is 2. The first-order valence-electron chi connectivity index (χ1n) is 5.46. The zero-order valence-corrected chi connectivity index (χ0v) is 10.1. The molecule has 1 unspecified atom stereocenters. The van der Waals surface area contributed by atoms with E-state index in [2.05, 4.69) is 5.32 Å². The van der Waals surface area contributed by atoms with Crippen LogP contribution in [0.5, 0.6) is 0 Å². The molecule has 0 radical (unpaired) electrons. The molecule has 0 aromatic heterocycles. The molecule has 1 aromatic carbocycles. The van der Waals surface area contributed by atoms with E-state index in [0.717, 1.165) is 28.6 Å². The minimum absolute atomic E-state index is 0.374. The van der Waals surface area contributed by atoms with Crippen molar-refractivity contribution in [3.8, 4) is 0 Å². The highest BCUT2D eigenvalue weighted by molar-refractivity contribution is 6.33. The summed E-state index contributed by atoms with van der Waals surface area (Å²) < 4.78 is 0. The second-order valence-electron chi connectivity index (χ2n) is 4.02. The van der Waals surface area contributed by atoms with E-state index in [1.54, 1.807) is 0 Å². The number of hydrogen-bond donors (Lipinski definition) is 1. The first kappa shape index (κ1) is 11.3. The average molecular weight is 244 g/mol. The van der Waals surface area contributed by atoms with Crippen LogP contribution in [-0.2, 0) is 0 Å². The van der Waals surface area contributed by atoms with E-state index in [9.17, 15) is 0 Å². The topological polar surface area (TPSA) is 12.0 Å². The van der Waals surface area contributed by atoms with Gasteiger partial charge in [-0.15, -0.1) is 0 Å². The third kappa shape index (κ3) is 2.87. The van der Waals surface area contributed by atoms with Crippen molar-refractivity contribution >= 4 is 23.2 Å². The molecular formula is C12H15Cl2N. The molecule has 0 saturated carbocycles. The lowest BCUT2D eigenvalue weighted by Gasteiger charge is -2.17. The van der Waals surface area contributed by atoms with E-state index in [1.807, 2.05) is 18.2 Å². The van der Waals surface area contributed by atoms with Gasteiger partial charge >= 0.3 is 0 Å². The molecule has 82 valence electrons. The average Bonchev–Trinajstić information content (AvgIpc) is 2.50. The Morgan fingerprint density at radius 2 is 2.00 bits per heavy atom. The molecule has 0 amide bonds. The molecule has 1 nitrogen and oxygen atoms in total. The molecule has 0 bridgehead atoms. The number of benzene rings is 1. The van der Waals surface area contributed by atoms with E-state index in [4.69, 9.17) is 23.2 Å². The van der Waals surface area contributed by atoms with Crippen molar-refractivity contribution in [3.05, 3.63) is 33.8 Å². The van der Waals surface area contributed by atoms with Crippen molar-refractivity contribution in [3.63, 3.8) is 0 Å². The molecular weight excluding hydrogens is 229 g/mol. The highest BCUT2D eigenvalue weighted by atomic mass is 35.5. The maximum Gasteiger partial charge on any atom is 0.0454 e. The monoisotopic (exact) mass is 243 g/mol. The zero-order chi connectivity index (χ0) is 10.7. The van der Waals surface area contributed by atoms with Gasteiger partial charge in [0.05, 0.1) is 0 Å². The van der Waals surface area contributed by atoms with Crippen LogP contribution < -0.4 is 5.32 Å². The van der Waals surface area contributed by atoms with E-state index < -0.39 is 0 Å². The highest BCUT2D eigenvalue weighted by Crippen LogP contribution is 2.30. The smallest absolute Gasteiger partial charge is 0.0454 e. The first-order valence-corrected chi connectivity index (χ1v) is 6.21. The lowest BCUT2D eigenvalue weighted by Crippen LogP contribution is -2.20. The van der Waals surface area contributed by atoms with Crippen molar-refractivity contribution in [1.29, 1.82) is 0 Å². The van der Waals surface area contributed by atoms with Crippen LogP contribution in [-0.4, -0.2) is 6.54 Å². The van der Waals surface area contributed by atoms with Gasteiger partial charge in [0.2, 0.25) is 0 Å². The third-order valence-electron chi connectivity index (χ3n) is 2.89. The van der Waals surface area contributed by atoms with Crippen molar-refractivity contribution in [2.24, 2.45) is 0 Å². The van der Waals surface area contributed by atoms with Crippen LogP contribution in [0.25, 0.3) is 0 Å². The summed E-state index contributed by atoms with van der Waals surface area (Å²) in [6.45, 7) is 1.08. The van der Waals surface area contributed by atoms with Gasteiger partial charge in [-0.2, -0.15) is 0 Å². The number of hydrogen-bond acceptors (Lipinski definition) is 1. The number of rotatable bonds is 1. The second kappa shape index (κ2) is 5.20. The van der Waals surface area contributed by atoms with Gasteiger partial charge in [0.25, 0.3) is 0 Å². The van der Waals surface area contributed by atoms with Gasteiger partial charge in [-0.05, 0) is 43.1 Å². The SMILES string of the molecule is Clc1ccc(Cl)c(C2CCCCCN2)c1. The second-order valence-corrected chi connectivity index (χ2v) is 4.87. The van der Waals surface area contributed by atoms with Gasteiger partial charge < -0.3 is 5.32 Å². The summed E-state index contributed by atoms with van der Waals surface area (Å²) in [4.78, 5) is 0. The van der Waals surface area contributed by atoms with Crippen molar-refractivity contribution in [1.82, 2.24) is 5.32 Å². The predicted molar refractivity (Wildman–Crippen MR) is 65.7 cm³/mol. The van der Waals surface area contributed by atoms with Gasteiger partial charge in [0.15, 0.2) is 0 Å². The van der Waals surface area contributed by atoms with Gasteiger partial charge in [-0.1, -0.05) is 36.0 Å². The van der Waals surface area contributed by atoms with E-state index in [0.29, 0.717) is 6.04 Å². The standard InChI is InChI=1S/C12H15Cl2N/c13-9-5-6-11(14)10(8-9)12-4-2-1-3-7-15-12/h5-6,8,12,15H,1-4,7H2. The summed E-state index contributed by atoms with van der Waals surface area (Å²) in [6.07, 6.45) is 4.98. The molecule has 0 aliphatic carbocycles. The van der Waals surface area contributed by atoms with Gasteiger partial charge in [0, 0.05) is 16.1 Å². The van der Waals surface area contributed by atoms with Gasteiger partial charge in [-0.25, -0.2) is 0 Å². The molecule has 1 atom stereocenters. The third-order valence-corrected chi connectivity index (χ3v) is 3.47. The molecule has 2 rings (SSSR count). The Morgan fingerprint density at radius 3 is 2.87 bits per heavy atom. The maximum absolute atomic E-state index is 6.18. The zero-order valence-electron chi connectivity index (χ0n) is 8.60. The van der Waals surface area contributed by atoms with Crippen LogP contribution >= 0.6 is 23.2 Å². The van der Waals surface area contributed by atoms with Crippen LogP contribution in [0.4, 0.5) is 0 Å². The molecule has 1 N–H and O–H groups in total. The normalized spacial score (nSPS) is 22.4. The first-order chi connectivity index (χ1) is 7.27. The quantitative estimate of drug-likeness (QED) is 0.780. The largest absolute Gasteiger partial charge is 0.310 e. The molecule has 1 fully saturated rings. The Kier molecular flexibility index (Phi) is 3.90. The molecule has 0 spiro atoms. The fraction of sp³-hybridized carbons (Fsp3) is 0.500. The van der Waals surface area contributed by atoms with Gasteiger partial charge in [-0.3, -0.25) is 0 Å². The van der Waals surface area contributed by atoms with Crippen molar-refractivity contribution in [2.75, 3.05) is 6.54 Å². The maximum atomic E-state index is 6.18. The Balaban J connectivity index is 2.22. The van der Waals surface area contributed by atoms with Crippen LogP contribution in [0.15, 0.2) is 18.2 Å². The minimum Gasteiger partial charge on any atom is -0.310 e. The molecule has 1 heterocycles. The summed E-state index contributed by atoms with van der Waals surface area (Å²) in [7, 11) is 0. The highest BCUT2D eigenvalue weighted by Gasteiger charge is 2.16. The van der Waals surface area contributed by atoms with E-state index in [1.165, 1.54) is 19.3 Å². The molecule has 3 heteroatoms. The lowest BCUT2D eigenvalue weighted by atomic mass is 10.0. The molecule has 15 heavy (non-hydrogen) atoms. The Hall–Kier alpha value is -0.240. The Morgan fingerprint density at radius 1 is 1.13 bits per heavy atom. The molecule has 1 aliphatic heterocycles. The van der Waals surface area contributed by atoms with Crippen molar-refractivity contribution in [2.45, 2.75) is 31.7 Å². The van der Waals surface area contributed by atoms with Crippen LogP contribution in [0.3, 0.4) is 0 Å². The summed E-state index contributed by atoms with van der Waals surface area (Å²) >= 11 is 12.2. The van der Waals surface area contributed by atoms with Gasteiger partial charge in [0.1, 0.15) is 0 Å².